The summed E-state index contributed by atoms with van der Waals surface area (Å²) in [6, 6.07) is 0.563. The van der Waals surface area contributed by atoms with Gasteiger partial charge in [0.25, 0.3) is 0 Å². The van der Waals surface area contributed by atoms with E-state index in [1.54, 1.807) is 0 Å². The van der Waals surface area contributed by atoms with Gasteiger partial charge in [-0.2, -0.15) is 0 Å². The molecule has 1 unspecified atom stereocenters. The Balaban J connectivity index is 2.07. The lowest BCUT2D eigenvalue weighted by Crippen LogP contribution is -2.35. The highest BCUT2D eigenvalue weighted by molar-refractivity contribution is 4.70. The number of rotatable bonds is 8. The number of hydrogen-bond donors (Lipinski definition) is 2. The molecule has 96 valence electrons. The van der Waals surface area contributed by atoms with Crippen LogP contribution in [0.15, 0.2) is 0 Å². The molecule has 0 aromatic carbocycles. The molecule has 0 heterocycles. The third-order valence-electron chi connectivity index (χ3n) is 4.04. The van der Waals surface area contributed by atoms with Gasteiger partial charge in [-0.05, 0) is 25.2 Å². The fourth-order valence-electron chi connectivity index (χ4n) is 2.86. The molecule has 0 aromatic rings. The standard InChI is InChI=1S/C14H30N2/c1-2-3-5-10-14(16-15)12-11-13-8-6-4-7-9-13/h13-14,16H,2-12,15H2,1H3. The summed E-state index contributed by atoms with van der Waals surface area (Å²) in [7, 11) is 0. The molecule has 1 fully saturated rings. The van der Waals surface area contributed by atoms with E-state index in [9.17, 15) is 0 Å². The fourth-order valence-corrected chi connectivity index (χ4v) is 2.86. The minimum absolute atomic E-state index is 0.563. The zero-order valence-corrected chi connectivity index (χ0v) is 11.0. The minimum Gasteiger partial charge on any atom is -0.271 e. The third kappa shape index (κ3) is 5.86. The second-order valence-corrected chi connectivity index (χ2v) is 5.44. The van der Waals surface area contributed by atoms with Crippen molar-refractivity contribution in [3.63, 3.8) is 0 Å². The average Bonchev–Trinajstić information content (AvgIpc) is 2.35. The van der Waals surface area contributed by atoms with E-state index in [2.05, 4.69) is 12.3 Å². The molecule has 1 rings (SSSR count). The summed E-state index contributed by atoms with van der Waals surface area (Å²) < 4.78 is 0. The molecule has 1 aliphatic rings. The number of nitrogens with one attached hydrogen (secondary N) is 1. The topological polar surface area (TPSA) is 38.0 Å². The minimum atomic E-state index is 0.563. The molecule has 3 N–H and O–H groups in total. The maximum atomic E-state index is 5.62. The second kappa shape index (κ2) is 9.00. The summed E-state index contributed by atoms with van der Waals surface area (Å²) in [6.07, 6.45) is 15.2. The molecule has 0 spiro atoms. The molecule has 16 heavy (non-hydrogen) atoms. The summed E-state index contributed by atoms with van der Waals surface area (Å²) in [5.74, 6) is 6.62. The van der Waals surface area contributed by atoms with Gasteiger partial charge in [-0.25, -0.2) is 0 Å². The Hall–Kier alpha value is -0.0800. The highest BCUT2D eigenvalue weighted by atomic mass is 15.2. The predicted molar refractivity (Wildman–Crippen MR) is 71.1 cm³/mol. The molecule has 2 heteroatoms. The van der Waals surface area contributed by atoms with Gasteiger partial charge in [0.2, 0.25) is 0 Å². The van der Waals surface area contributed by atoms with Gasteiger partial charge in [-0.15, -0.1) is 0 Å². The van der Waals surface area contributed by atoms with E-state index in [-0.39, 0.29) is 0 Å². The van der Waals surface area contributed by atoms with E-state index in [1.807, 2.05) is 0 Å². The van der Waals surface area contributed by atoms with Crippen LogP contribution in [0.2, 0.25) is 0 Å². The first-order chi connectivity index (χ1) is 7.86. The van der Waals surface area contributed by atoms with Crippen LogP contribution in [0, 0.1) is 5.92 Å². The lowest BCUT2D eigenvalue weighted by atomic mass is 9.85. The van der Waals surface area contributed by atoms with E-state index in [4.69, 9.17) is 5.84 Å². The third-order valence-corrected chi connectivity index (χ3v) is 4.04. The molecule has 0 aromatic heterocycles. The monoisotopic (exact) mass is 226 g/mol. The van der Waals surface area contributed by atoms with Crippen molar-refractivity contribution in [2.45, 2.75) is 83.6 Å². The molecular formula is C14H30N2. The molecule has 0 bridgehead atoms. The highest BCUT2D eigenvalue weighted by Gasteiger charge is 2.15. The largest absolute Gasteiger partial charge is 0.271 e. The Kier molecular flexibility index (Phi) is 7.87. The Morgan fingerprint density at radius 3 is 2.50 bits per heavy atom. The van der Waals surface area contributed by atoms with Gasteiger partial charge in [-0.1, -0.05) is 58.3 Å². The van der Waals surface area contributed by atoms with Crippen molar-refractivity contribution < 1.29 is 0 Å². The van der Waals surface area contributed by atoms with Gasteiger partial charge in [0.1, 0.15) is 0 Å². The van der Waals surface area contributed by atoms with E-state index < -0.39 is 0 Å². The molecule has 0 aliphatic heterocycles. The first-order valence-corrected chi connectivity index (χ1v) is 7.33. The fraction of sp³-hybridized carbons (Fsp3) is 1.00. The average molecular weight is 226 g/mol. The van der Waals surface area contributed by atoms with Crippen LogP contribution in [0.3, 0.4) is 0 Å². The Morgan fingerprint density at radius 1 is 1.12 bits per heavy atom. The summed E-state index contributed by atoms with van der Waals surface area (Å²) >= 11 is 0. The molecular weight excluding hydrogens is 196 g/mol. The van der Waals surface area contributed by atoms with Crippen LogP contribution >= 0.6 is 0 Å². The molecule has 1 aliphatic carbocycles. The summed E-state index contributed by atoms with van der Waals surface area (Å²) in [4.78, 5) is 0. The van der Waals surface area contributed by atoms with Gasteiger partial charge < -0.3 is 0 Å². The van der Waals surface area contributed by atoms with Crippen molar-refractivity contribution >= 4 is 0 Å². The molecule has 1 atom stereocenters. The number of nitrogens with two attached hydrogens (primary N) is 1. The van der Waals surface area contributed by atoms with Crippen molar-refractivity contribution in [3.05, 3.63) is 0 Å². The van der Waals surface area contributed by atoms with Crippen molar-refractivity contribution in [2.75, 3.05) is 0 Å². The van der Waals surface area contributed by atoms with E-state index >= 15 is 0 Å². The maximum Gasteiger partial charge on any atom is 0.0210 e. The van der Waals surface area contributed by atoms with Crippen LogP contribution < -0.4 is 11.3 Å². The second-order valence-electron chi connectivity index (χ2n) is 5.44. The van der Waals surface area contributed by atoms with Crippen LogP contribution in [0.5, 0.6) is 0 Å². The van der Waals surface area contributed by atoms with Crippen molar-refractivity contribution in [2.24, 2.45) is 11.8 Å². The predicted octanol–water partition coefficient (Wildman–Crippen LogP) is 3.76. The Labute approximate surface area is 101 Å². The number of hydrazine groups is 1. The number of unbranched alkanes of at least 4 members (excludes halogenated alkanes) is 2. The number of hydrogen-bond acceptors (Lipinski definition) is 2. The Bertz CT molecular complexity index is 153. The van der Waals surface area contributed by atoms with Crippen LogP contribution in [-0.4, -0.2) is 6.04 Å². The lowest BCUT2D eigenvalue weighted by molar-refractivity contribution is 0.307. The lowest BCUT2D eigenvalue weighted by Gasteiger charge is -2.24. The molecule has 0 radical (unpaired) electrons. The first-order valence-electron chi connectivity index (χ1n) is 7.33. The zero-order chi connectivity index (χ0) is 11.6. The molecule has 2 nitrogen and oxygen atoms in total. The van der Waals surface area contributed by atoms with Crippen molar-refractivity contribution in [1.82, 2.24) is 5.43 Å². The summed E-state index contributed by atoms with van der Waals surface area (Å²) in [5, 5.41) is 0. The first kappa shape index (κ1) is 14.0. The normalized spacial score (nSPS) is 19.9. The van der Waals surface area contributed by atoms with E-state index in [1.165, 1.54) is 70.6 Å². The van der Waals surface area contributed by atoms with Gasteiger partial charge in [-0.3, -0.25) is 11.3 Å². The molecule has 0 amide bonds. The van der Waals surface area contributed by atoms with Gasteiger partial charge in [0.15, 0.2) is 0 Å². The quantitative estimate of drug-likeness (QED) is 0.376. The van der Waals surface area contributed by atoms with Gasteiger partial charge in [0.05, 0.1) is 0 Å². The van der Waals surface area contributed by atoms with Crippen LogP contribution in [0.25, 0.3) is 0 Å². The highest BCUT2D eigenvalue weighted by Crippen LogP contribution is 2.28. The van der Waals surface area contributed by atoms with E-state index in [0.717, 1.165) is 5.92 Å². The summed E-state index contributed by atoms with van der Waals surface area (Å²) in [6.45, 7) is 2.26. The van der Waals surface area contributed by atoms with Crippen LogP contribution in [-0.2, 0) is 0 Å². The van der Waals surface area contributed by atoms with Gasteiger partial charge in [0, 0.05) is 6.04 Å². The zero-order valence-electron chi connectivity index (χ0n) is 11.0. The molecule has 0 saturated heterocycles. The maximum absolute atomic E-state index is 5.62. The van der Waals surface area contributed by atoms with E-state index in [0.29, 0.717) is 6.04 Å². The van der Waals surface area contributed by atoms with Crippen LogP contribution in [0.4, 0.5) is 0 Å². The van der Waals surface area contributed by atoms with Crippen molar-refractivity contribution in [3.8, 4) is 0 Å². The Morgan fingerprint density at radius 2 is 1.88 bits per heavy atom. The summed E-state index contributed by atoms with van der Waals surface area (Å²) in [5.41, 5.74) is 3.00. The smallest absolute Gasteiger partial charge is 0.0210 e. The van der Waals surface area contributed by atoms with Gasteiger partial charge >= 0.3 is 0 Å². The molecule has 1 saturated carbocycles. The van der Waals surface area contributed by atoms with Crippen LogP contribution in [0.1, 0.15) is 77.6 Å². The van der Waals surface area contributed by atoms with Crippen molar-refractivity contribution in [1.29, 1.82) is 0 Å². The SMILES string of the molecule is CCCCCC(CCC1CCCCC1)NN.